The number of esters is 1. The van der Waals surface area contributed by atoms with Crippen molar-refractivity contribution in [3.8, 4) is 11.5 Å². The van der Waals surface area contributed by atoms with Gasteiger partial charge in [-0.05, 0) is 48.2 Å². The zero-order chi connectivity index (χ0) is 26.7. The predicted octanol–water partition coefficient (Wildman–Crippen LogP) is 5.11. The Balaban J connectivity index is 1.62. The van der Waals surface area contributed by atoms with E-state index in [0.29, 0.717) is 34.2 Å². The third kappa shape index (κ3) is 7.96. The lowest BCUT2D eigenvalue weighted by molar-refractivity contribution is -0.125. The molecule has 0 aliphatic carbocycles. The third-order valence-corrected chi connectivity index (χ3v) is 6.80. The summed E-state index contributed by atoms with van der Waals surface area (Å²) >= 11 is 1.19. The van der Waals surface area contributed by atoms with Crippen molar-refractivity contribution in [3.05, 3.63) is 83.9 Å². The molecule has 1 aliphatic heterocycles. The van der Waals surface area contributed by atoms with Gasteiger partial charge in [-0.15, -0.1) is 0 Å². The molecule has 3 aromatic rings. The van der Waals surface area contributed by atoms with Gasteiger partial charge in [0.25, 0.3) is 0 Å². The molecule has 0 radical (unpaired) electrons. The SMILES string of the molecule is CCCCNc1cc(C(=O)OCc2ccccc2)cc(SNC2OCC(O)CC2O)c1Oc1ccccc1. The normalized spacial score (nSPS) is 19.1. The smallest absolute Gasteiger partial charge is 0.338 e. The van der Waals surface area contributed by atoms with Gasteiger partial charge >= 0.3 is 5.97 Å². The Morgan fingerprint density at radius 1 is 1.08 bits per heavy atom. The standard InChI is InChI=1S/C29H34N2O6S/c1-2-3-14-30-24-15-21(29(34)36-18-20-10-6-4-7-11-20)16-26(27(24)37-23-12-8-5-9-13-23)38-31-28-25(33)17-22(32)19-35-28/h4-13,15-16,22,25,28,30-33H,2-3,14,17-19H2,1H3. The van der Waals surface area contributed by atoms with Crippen molar-refractivity contribution < 1.29 is 29.2 Å². The van der Waals surface area contributed by atoms with E-state index in [4.69, 9.17) is 14.2 Å². The monoisotopic (exact) mass is 538 g/mol. The maximum atomic E-state index is 13.1. The number of hydrogen-bond acceptors (Lipinski definition) is 9. The second-order valence-electron chi connectivity index (χ2n) is 9.04. The van der Waals surface area contributed by atoms with Crippen molar-refractivity contribution in [2.24, 2.45) is 0 Å². The summed E-state index contributed by atoms with van der Waals surface area (Å²) in [6, 6.07) is 22.4. The summed E-state index contributed by atoms with van der Waals surface area (Å²) in [7, 11) is 0. The van der Waals surface area contributed by atoms with Crippen LogP contribution in [0.2, 0.25) is 0 Å². The quantitative estimate of drug-likeness (QED) is 0.142. The average Bonchev–Trinajstić information content (AvgIpc) is 2.93. The number of aliphatic hydroxyl groups excluding tert-OH is 2. The van der Waals surface area contributed by atoms with E-state index >= 15 is 0 Å². The highest BCUT2D eigenvalue weighted by Gasteiger charge is 2.29. The van der Waals surface area contributed by atoms with Gasteiger partial charge < -0.3 is 29.7 Å². The molecule has 3 aromatic carbocycles. The van der Waals surface area contributed by atoms with E-state index in [-0.39, 0.29) is 19.6 Å². The van der Waals surface area contributed by atoms with Gasteiger partial charge in [0.2, 0.25) is 0 Å². The number of benzene rings is 3. The Kier molecular flexibility index (Phi) is 10.4. The zero-order valence-electron chi connectivity index (χ0n) is 21.3. The fourth-order valence-electron chi connectivity index (χ4n) is 3.88. The lowest BCUT2D eigenvalue weighted by atomic mass is 10.1. The molecule has 38 heavy (non-hydrogen) atoms. The van der Waals surface area contributed by atoms with Crippen molar-refractivity contribution in [2.45, 2.75) is 56.1 Å². The van der Waals surface area contributed by atoms with Crippen molar-refractivity contribution in [1.82, 2.24) is 4.72 Å². The number of aliphatic hydroxyl groups is 2. The van der Waals surface area contributed by atoms with Crippen LogP contribution >= 0.6 is 11.9 Å². The molecule has 0 spiro atoms. The number of anilines is 1. The molecule has 8 nitrogen and oxygen atoms in total. The van der Waals surface area contributed by atoms with Crippen LogP contribution in [0.1, 0.15) is 42.1 Å². The van der Waals surface area contributed by atoms with E-state index in [1.54, 1.807) is 12.1 Å². The van der Waals surface area contributed by atoms with Crippen LogP contribution in [0.4, 0.5) is 5.69 Å². The van der Waals surface area contributed by atoms with Crippen LogP contribution < -0.4 is 14.8 Å². The maximum Gasteiger partial charge on any atom is 0.338 e. The van der Waals surface area contributed by atoms with Gasteiger partial charge in [0.15, 0.2) is 5.75 Å². The molecule has 0 amide bonds. The summed E-state index contributed by atoms with van der Waals surface area (Å²) in [5.74, 6) is 0.719. The highest BCUT2D eigenvalue weighted by molar-refractivity contribution is 7.97. The van der Waals surface area contributed by atoms with E-state index in [1.807, 2.05) is 60.7 Å². The first-order valence-electron chi connectivity index (χ1n) is 12.8. The number of carbonyl (C=O) groups excluding carboxylic acids is 1. The summed E-state index contributed by atoms with van der Waals surface area (Å²) in [5, 5.41) is 23.5. The average molecular weight is 539 g/mol. The second kappa shape index (κ2) is 14.2. The topological polar surface area (TPSA) is 109 Å². The van der Waals surface area contributed by atoms with Crippen LogP contribution in [0.5, 0.6) is 11.5 Å². The van der Waals surface area contributed by atoms with Gasteiger partial charge in [-0.1, -0.05) is 61.9 Å². The molecule has 1 heterocycles. The van der Waals surface area contributed by atoms with Crippen molar-refractivity contribution in [3.63, 3.8) is 0 Å². The molecule has 1 aliphatic rings. The van der Waals surface area contributed by atoms with Gasteiger partial charge in [-0.25, -0.2) is 9.52 Å². The van der Waals surface area contributed by atoms with Gasteiger partial charge in [-0.3, -0.25) is 0 Å². The summed E-state index contributed by atoms with van der Waals surface area (Å²) < 4.78 is 20.6. The molecule has 4 rings (SSSR count). The first-order chi connectivity index (χ1) is 18.5. The highest BCUT2D eigenvalue weighted by atomic mass is 32.2. The predicted molar refractivity (Wildman–Crippen MR) is 147 cm³/mol. The molecule has 1 fully saturated rings. The number of carbonyl (C=O) groups is 1. The van der Waals surface area contributed by atoms with Crippen molar-refractivity contribution >= 4 is 23.6 Å². The van der Waals surface area contributed by atoms with Gasteiger partial charge in [0.1, 0.15) is 18.6 Å². The van der Waals surface area contributed by atoms with Crippen LogP contribution in [0.3, 0.4) is 0 Å². The largest absolute Gasteiger partial charge is 0.457 e. The lowest BCUT2D eigenvalue weighted by Gasteiger charge is -2.31. The summed E-state index contributed by atoms with van der Waals surface area (Å²) in [6.07, 6.45) is -0.127. The van der Waals surface area contributed by atoms with Crippen molar-refractivity contribution in [2.75, 3.05) is 18.5 Å². The molecule has 202 valence electrons. The Morgan fingerprint density at radius 2 is 1.82 bits per heavy atom. The molecular weight excluding hydrogens is 504 g/mol. The second-order valence-corrected chi connectivity index (χ2v) is 9.92. The summed E-state index contributed by atoms with van der Waals surface area (Å²) in [5.41, 5.74) is 1.92. The maximum absolute atomic E-state index is 13.1. The third-order valence-electron chi connectivity index (χ3n) is 5.93. The lowest BCUT2D eigenvalue weighted by Crippen LogP contribution is -2.47. The Hall–Kier alpha value is -3.08. The van der Waals surface area contributed by atoms with Gasteiger partial charge in [0.05, 0.1) is 35.0 Å². The van der Waals surface area contributed by atoms with Gasteiger partial charge in [-0.2, -0.15) is 0 Å². The van der Waals surface area contributed by atoms with Crippen LogP contribution in [-0.2, 0) is 16.1 Å². The number of nitrogens with one attached hydrogen (secondary N) is 2. The van der Waals surface area contributed by atoms with Gasteiger partial charge in [0, 0.05) is 13.0 Å². The van der Waals surface area contributed by atoms with E-state index in [2.05, 4.69) is 17.0 Å². The molecule has 4 N–H and O–H groups in total. The number of unbranched alkanes of at least 4 members (excludes halogenated alkanes) is 1. The summed E-state index contributed by atoms with van der Waals surface area (Å²) in [4.78, 5) is 13.7. The molecule has 9 heteroatoms. The van der Waals surface area contributed by atoms with Crippen LogP contribution in [0, 0.1) is 0 Å². The zero-order valence-corrected chi connectivity index (χ0v) is 22.2. The molecule has 0 saturated carbocycles. The van der Waals surface area contributed by atoms with Crippen LogP contribution in [0.15, 0.2) is 77.7 Å². The Bertz CT molecular complexity index is 1160. The minimum Gasteiger partial charge on any atom is -0.457 e. The summed E-state index contributed by atoms with van der Waals surface area (Å²) in [6.45, 7) is 3.09. The minimum atomic E-state index is -0.883. The van der Waals surface area contributed by atoms with E-state index in [0.717, 1.165) is 18.4 Å². The van der Waals surface area contributed by atoms with E-state index in [9.17, 15) is 15.0 Å². The molecule has 0 bridgehead atoms. The first kappa shape index (κ1) is 27.9. The molecule has 3 atom stereocenters. The van der Waals surface area contributed by atoms with E-state index in [1.165, 1.54) is 11.9 Å². The fraction of sp³-hybridized carbons (Fsp3) is 0.345. The molecule has 3 unspecified atom stereocenters. The van der Waals surface area contributed by atoms with E-state index < -0.39 is 24.4 Å². The molecule has 0 aromatic heterocycles. The number of ether oxygens (including phenoxy) is 3. The van der Waals surface area contributed by atoms with Crippen LogP contribution in [-0.4, -0.2) is 47.8 Å². The number of para-hydroxylation sites is 1. The first-order valence-corrected chi connectivity index (χ1v) is 13.6. The molecular formula is C29H34N2O6S. The number of hydrogen-bond donors (Lipinski definition) is 4. The van der Waals surface area contributed by atoms with Crippen LogP contribution in [0.25, 0.3) is 0 Å². The Labute approximate surface area is 227 Å². The Morgan fingerprint density at radius 3 is 2.53 bits per heavy atom. The minimum absolute atomic E-state index is 0.123. The fourth-order valence-corrected chi connectivity index (χ4v) is 4.77. The highest BCUT2D eigenvalue weighted by Crippen LogP contribution is 2.40. The molecule has 1 saturated heterocycles. The van der Waals surface area contributed by atoms with Crippen molar-refractivity contribution in [1.29, 1.82) is 0 Å². The number of rotatable bonds is 12.